The number of nitrogens with zero attached hydrogens (tertiary/aromatic N) is 1. The molecule has 3 rings (SSSR count). The molecule has 0 aliphatic rings. The Morgan fingerprint density at radius 1 is 1.03 bits per heavy atom. The molecule has 3 aromatic rings. The first-order valence-electron chi connectivity index (χ1n) is 9.99. The number of carbonyl (C=O) groups is 1. The molecule has 10 heteroatoms. The second kappa shape index (κ2) is 10.9. The second-order valence-corrected chi connectivity index (χ2v) is 8.87. The zero-order chi connectivity index (χ0) is 23.8. The highest BCUT2D eigenvalue weighted by molar-refractivity contribution is 7.89. The summed E-state index contributed by atoms with van der Waals surface area (Å²) in [4.78, 5) is 15.4. The summed E-state index contributed by atoms with van der Waals surface area (Å²) >= 11 is 0. The fourth-order valence-electron chi connectivity index (χ4n) is 3.03. The van der Waals surface area contributed by atoms with E-state index >= 15 is 0 Å². The SMILES string of the molecule is COc1ccc(-c2ccc(S(=O)(=O)NC(CC(O)COc3cccnc3)C(=O)O)cc2)cc1. The maximum Gasteiger partial charge on any atom is 0.321 e. The Labute approximate surface area is 191 Å². The highest BCUT2D eigenvalue weighted by atomic mass is 32.2. The fraction of sp³-hybridized carbons (Fsp3) is 0.217. The lowest BCUT2D eigenvalue weighted by Gasteiger charge is -2.19. The third-order valence-corrected chi connectivity index (χ3v) is 6.26. The highest BCUT2D eigenvalue weighted by Gasteiger charge is 2.28. The third kappa shape index (κ3) is 6.75. The van der Waals surface area contributed by atoms with Gasteiger partial charge in [0.05, 0.1) is 24.3 Å². The van der Waals surface area contributed by atoms with Crippen molar-refractivity contribution >= 4 is 16.0 Å². The number of carboxylic acids is 1. The molecule has 0 radical (unpaired) electrons. The van der Waals surface area contributed by atoms with E-state index in [1.54, 1.807) is 49.7 Å². The van der Waals surface area contributed by atoms with Gasteiger partial charge in [0.15, 0.2) is 0 Å². The molecule has 0 saturated heterocycles. The van der Waals surface area contributed by atoms with Crippen LogP contribution in [0.2, 0.25) is 0 Å². The normalized spacial score (nSPS) is 13.2. The van der Waals surface area contributed by atoms with Crippen LogP contribution in [0.15, 0.2) is 78.0 Å². The van der Waals surface area contributed by atoms with Gasteiger partial charge in [0.2, 0.25) is 10.0 Å². The number of aliphatic hydroxyl groups excluding tert-OH is 1. The Bertz CT molecular complexity index is 1150. The number of aromatic nitrogens is 1. The number of pyridine rings is 1. The Balaban J connectivity index is 1.65. The molecule has 3 N–H and O–H groups in total. The molecule has 9 nitrogen and oxygen atoms in total. The lowest BCUT2D eigenvalue weighted by molar-refractivity contribution is -0.139. The first-order chi connectivity index (χ1) is 15.8. The van der Waals surface area contributed by atoms with Gasteiger partial charge < -0.3 is 19.7 Å². The van der Waals surface area contributed by atoms with Gasteiger partial charge in [0.1, 0.15) is 24.1 Å². The van der Waals surface area contributed by atoms with Gasteiger partial charge in [-0.1, -0.05) is 24.3 Å². The molecular weight excluding hydrogens is 448 g/mol. The molecule has 174 valence electrons. The van der Waals surface area contributed by atoms with E-state index in [1.165, 1.54) is 18.3 Å². The van der Waals surface area contributed by atoms with Crippen LogP contribution in [-0.2, 0) is 14.8 Å². The van der Waals surface area contributed by atoms with Crippen LogP contribution in [0.1, 0.15) is 6.42 Å². The summed E-state index contributed by atoms with van der Waals surface area (Å²) in [7, 11) is -2.57. The summed E-state index contributed by atoms with van der Waals surface area (Å²) in [6.45, 7) is -0.215. The average molecular weight is 473 g/mol. The minimum atomic E-state index is -4.14. The van der Waals surface area contributed by atoms with Crippen LogP contribution in [0.3, 0.4) is 0 Å². The second-order valence-electron chi connectivity index (χ2n) is 7.15. The van der Waals surface area contributed by atoms with Crippen LogP contribution in [0.4, 0.5) is 0 Å². The minimum Gasteiger partial charge on any atom is -0.497 e. The van der Waals surface area contributed by atoms with E-state index in [1.807, 2.05) is 12.1 Å². The van der Waals surface area contributed by atoms with Gasteiger partial charge >= 0.3 is 5.97 Å². The lowest BCUT2D eigenvalue weighted by Crippen LogP contribution is -2.43. The Kier molecular flexibility index (Phi) is 7.99. The van der Waals surface area contributed by atoms with Gasteiger partial charge in [-0.25, -0.2) is 8.42 Å². The van der Waals surface area contributed by atoms with Crippen LogP contribution in [0, 0.1) is 0 Å². The van der Waals surface area contributed by atoms with Gasteiger partial charge in [-0.05, 0) is 47.5 Å². The molecule has 0 bridgehead atoms. The number of aliphatic hydroxyl groups is 1. The number of aliphatic carboxylic acids is 1. The van der Waals surface area contributed by atoms with Crippen LogP contribution in [0.25, 0.3) is 11.1 Å². The molecular formula is C23H24N2O7S. The summed E-state index contributed by atoms with van der Waals surface area (Å²) < 4.78 is 38.1. The maximum absolute atomic E-state index is 12.7. The van der Waals surface area contributed by atoms with E-state index in [0.717, 1.165) is 11.1 Å². The quantitative estimate of drug-likeness (QED) is 0.387. The molecule has 2 aromatic carbocycles. The number of benzene rings is 2. The molecule has 0 spiro atoms. The standard InChI is InChI=1S/C23H24N2O7S/c1-31-19-8-4-16(5-9-19)17-6-10-21(11-7-17)33(29,30)25-22(23(27)28)13-18(26)15-32-20-3-2-12-24-14-20/h2-12,14,18,22,25-26H,13,15H2,1H3,(H,27,28). The fourth-order valence-corrected chi connectivity index (χ4v) is 4.23. The maximum atomic E-state index is 12.7. The van der Waals surface area contributed by atoms with E-state index in [-0.39, 0.29) is 17.9 Å². The number of nitrogens with one attached hydrogen (secondary N) is 1. The van der Waals surface area contributed by atoms with E-state index in [9.17, 15) is 23.4 Å². The van der Waals surface area contributed by atoms with Gasteiger partial charge in [-0.3, -0.25) is 9.78 Å². The van der Waals surface area contributed by atoms with Crippen LogP contribution < -0.4 is 14.2 Å². The van der Waals surface area contributed by atoms with Crippen molar-refractivity contribution in [2.75, 3.05) is 13.7 Å². The molecule has 1 heterocycles. The van der Waals surface area contributed by atoms with Crippen molar-refractivity contribution in [2.45, 2.75) is 23.5 Å². The summed E-state index contributed by atoms with van der Waals surface area (Å²) in [5, 5.41) is 19.6. The van der Waals surface area contributed by atoms with E-state index < -0.39 is 28.1 Å². The van der Waals surface area contributed by atoms with Crippen molar-refractivity contribution in [2.24, 2.45) is 0 Å². The zero-order valence-electron chi connectivity index (χ0n) is 17.8. The molecule has 0 saturated carbocycles. The molecule has 0 fully saturated rings. The van der Waals surface area contributed by atoms with Crippen molar-refractivity contribution in [1.82, 2.24) is 9.71 Å². The molecule has 1 aromatic heterocycles. The number of rotatable bonds is 11. The summed E-state index contributed by atoms with van der Waals surface area (Å²) in [5.74, 6) is -0.301. The van der Waals surface area contributed by atoms with Crippen molar-refractivity contribution < 1.29 is 32.9 Å². The zero-order valence-corrected chi connectivity index (χ0v) is 18.6. The summed E-state index contributed by atoms with van der Waals surface area (Å²) in [5.41, 5.74) is 1.65. The van der Waals surface area contributed by atoms with Gasteiger partial charge in [0, 0.05) is 12.6 Å². The number of carboxylic acid groups (broad SMARTS) is 1. The Morgan fingerprint density at radius 3 is 2.21 bits per heavy atom. The monoisotopic (exact) mass is 472 g/mol. The van der Waals surface area contributed by atoms with E-state index in [4.69, 9.17) is 9.47 Å². The molecule has 33 heavy (non-hydrogen) atoms. The van der Waals surface area contributed by atoms with Gasteiger partial charge in [-0.2, -0.15) is 4.72 Å². The van der Waals surface area contributed by atoms with Gasteiger partial charge in [-0.15, -0.1) is 0 Å². The molecule has 0 aliphatic carbocycles. The molecule has 0 aliphatic heterocycles. The average Bonchev–Trinajstić information content (AvgIpc) is 2.83. The Hall–Kier alpha value is -3.47. The summed E-state index contributed by atoms with van der Waals surface area (Å²) in [6, 6.07) is 15.1. The van der Waals surface area contributed by atoms with Crippen molar-refractivity contribution in [3.8, 4) is 22.6 Å². The topological polar surface area (TPSA) is 135 Å². The summed E-state index contributed by atoms with van der Waals surface area (Å²) in [6.07, 6.45) is 1.41. The van der Waals surface area contributed by atoms with E-state index in [2.05, 4.69) is 9.71 Å². The minimum absolute atomic E-state index is 0.0906. The lowest BCUT2D eigenvalue weighted by atomic mass is 10.1. The molecule has 2 atom stereocenters. The third-order valence-electron chi connectivity index (χ3n) is 4.77. The van der Waals surface area contributed by atoms with Crippen molar-refractivity contribution in [3.63, 3.8) is 0 Å². The number of hydrogen-bond donors (Lipinski definition) is 3. The molecule has 2 unspecified atom stereocenters. The predicted molar refractivity (Wildman–Crippen MR) is 121 cm³/mol. The van der Waals surface area contributed by atoms with Gasteiger partial charge in [0.25, 0.3) is 0 Å². The highest BCUT2D eigenvalue weighted by Crippen LogP contribution is 2.24. The van der Waals surface area contributed by atoms with Crippen LogP contribution in [-0.4, -0.2) is 55.4 Å². The van der Waals surface area contributed by atoms with E-state index in [0.29, 0.717) is 11.5 Å². The first-order valence-corrected chi connectivity index (χ1v) is 11.5. The van der Waals surface area contributed by atoms with Crippen molar-refractivity contribution in [1.29, 1.82) is 0 Å². The number of ether oxygens (including phenoxy) is 2. The largest absolute Gasteiger partial charge is 0.497 e. The smallest absolute Gasteiger partial charge is 0.321 e. The van der Waals surface area contributed by atoms with Crippen LogP contribution >= 0.6 is 0 Å². The Morgan fingerprint density at radius 2 is 1.67 bits per heavy atom. The first kappa shape index (κ1) is 24.2. The predicted octanol–water partition coefficient (Wildman–Crippen LogP) is 2.32. The number of sulfonamides is 1. The molecule has 0 amide bonds. The van der Waals surface area contributed by atoms with Crippen LogP contribution in [0.5, 0.6) is 11.5 Å². The van der Waals surface area contributed by atoms with Crippen molar-refractivity contribution in [3.05, 3.63) is 73.1 Å². The number of methoxy groups -OCH3 is 1. The number of hydrogen-bond acceptors (Lipinski definition) is 7.